The molecule has 0 aliphatic carbocycles. The standard InChI is InChI=1S/C11H22N2O3S/c1-11(2)4-3-6-13(11)7-5-12-17(14,15)10-8-16-9-10/h10,12H,3-9H2,1-2H3. The molecule has 2 heterocycles. The van der Waals surface area contributed by atoms with Crippen LogP contribution < -0.4 is 4.72 Å². The third-order valence-corrected chi connectivity index (χ3v) is 5.56. The Bertz CT molecular complexity index is 363. The molecule has 0 saturated carbocycles. The molecular weight excluding hydrogens is 240 g/mol. The predicted octanol–water partition coefficient (Wildman–Crippen LogP) is 0.179. The van der Waals surface area contributed by atoms with Crippen LogP contribution in [0.4, 0.5) is 0 Å². The molecule has 0 aromatic carbocycles. The maximum Gasteiger partial charge on any atom is 0.219 e. The summed E-state index contributed by atoms with van der Waals surface area (Å²) in [5, 5.41) is -0.339. The van der Waals surface area contributed by atoms with Crippen LogP contribution in [0.15, 0.2) is 0 Å². The van der Waals surface area contributed by atoms with Gasteiger partial charge in [0.25, 0.3) is 0 Å². The molecule has 2 saturated heterocycles. The average molecular weight is 262 g/mol. The Morgan fingerprint density at radius 3 is 2.59 bits per heavy atom. The van der Waals surface area contributed by atoms with Crippen LogP contribution in [-0.2, 0) is 14.8 Å². The van der Waals surface area contributed by atoms with Gasteiger partial charge in [-0.2, -0.15) is 0 Å². The highest BCUT2D eigenvalue weighted by Crippen LogP contribution is 2.27. The topological polar surface area (TPSA) is 58.6 Å². The van der Waals surface area contributed by atoms with E-state index in [4.69, 9.17) is 4.74 Å². The van der Waals surface area contributed by atoms with Gasteiger partial charge in [-0.15, -0.1) is 0 Å². The Labute approximate surface area is 104 Å². The maximum absolute atomic E-state index is 11.7. The molecule has 2 rings (SSSR count). The molecule has 0 radical (unpaired) electrons. The van der Waals surface area contributed by atoms with Crippen LogP contribution >= 0.6 is 0 Å². The van der Waals surface area contributed by atoms with E-state index in [9.17, 15) is 8.42 Å². The first-order chi connectivity index (χ1) is 7.92. The van der Waals surface area contributed by atoms with Gasteiger partial charge in [0, 0.05) is 18.6 Å². The van der Waals surface area contributed by atoms with Crippen molar-refractivity contribution in [3.63, 3.8) is 0 Å². The minimum Gasteiger partial charge on any atom is -0.378 e. The van der Waals surface area contributed by atoms with Crippen LogP contribution in [0.25, 0.3) is 0 Å². The van der Waals surface area contributed by atoms with Crippen LogP contribution in [0.1, 0.15) is 26.7 Å². The summed E-state index contributed by atoms with van der Waals surface area (Å²) in [5.41, 5.74) is 0.213. The van der Waals surface area contributed by atoms with Crippen molar-refractivity contribution in [1.29, 1.82) is 0 Å². The van der Waals surface area contributed by atoms with Crippen molar-refractivity contribution in [1.82, 2.24) is 9.62 Å². The summed E-state index contributed by atoms with van der Waals surface area (Å²) >= 11 is 0. The fourth-order valence-electron chi connectivity index (χ4n) is 2.41. The zero-order valence-corrected chi connectivity index (χ0v) is 11.4. The molecule has 0 atom stereocenters. The highest BCUT2D eigenvalue weighted by atomic mass is 32.2. The zero-order valence-electron chi connectivity index (χ0n) is 10.6. The van der Waals surface area contributed by atoms with Gasteiger partial charge in [0.2, 0.25) is 10.0 Å². The minimum absolute atomic E-state index is 0.213. The molecule has 100 valence electrons. The van der Waals surface area contributed by atoms with Crippen molar-refractivity contribution < 1.29 is 13.2 Å². The molecule has 0 aromatic rings. The number of nitrogens with zero attached hydrogens (tertiary/aromatic N) is 1. The summed E-state index contributed by atoms with van der Waals surface area (Å²) in [6, 6.07) is 0. The maximum atomic E-state index is 11.7. The smallest absolute Gasteiger partial charge is 0.219 e. The van der Waals surface area contributed by atoms with E-state index in [0.717, 1.165) is 13.1 Å². The Morgan fingerprint density at radius 2 is 2.12 bits per heavy atom. The van der Waals surface area contributed by atoms with Crippen LogP contribution in [0.5, 0.6) is 0 Å². The van der Waals surface area contributed by atoms with Gasteiger partial charge in [0.05, 0.1) is 13.2 Å². The van der Waals surface area contributed by atoms with Crippen molar-refractivity contribution in [2.45, 2.75) is 37.5 Å². The van der Waals surface area contributed by atoms with Gasteiger partial charge >= 0.3 is 0 Å². The first-order valence-electron chi connectivity index (χ1n) is 6.23. The fraction of sp³-hybridized carbons (Fsp3) is 1.00. The van der Waals surface area contributed by atoms with Crippen molar-refractivity contribution in [2.75, 3.05) is 32.8 Å². The van der Waals surface area contributed by atoms with Crippen LogP contribution in [0.3, 0.4) is 0 Å². The Hall–Kier alpha value is -0.170. The van der Waals surface area contributed by atoms with Gasteiger partial charge in [-0.25, -0.2) is 13.1 Å². The van der Waals surface area contributed by atoms with Crippen molar-refractivity contribution in [3.8, 4) is 0 Å². The normalized spacial score (nSPS) is 26.0. The molecule has 1 N–H and O–H groups in total. The summed E-state index contributed by atoms with van der Waals surface area (Å²) in [7, 11) is -3.15. The largest absolute Gasteiger partial charge is 0.378 e. The van der Waals surface area contributed by atoms with E-state index in [1.165, 1.54) is 12.8 Å². The summed E-state index contributed by atoms with van der Waals surface area (Å²) in [4.78, 5) is 2.35. The number of likely N-dealkylation sites (tertiary alicyclic amines) is 1. The van der Waals surface area contributed by atoms with Gasteiger partial charge in [0.15, 0.2) is 0 Å². The van der Waals surface area contributed by atoms with E-state index in [-0.39, 0.29) is 10.8 Å². The second-order valence-corrected chi connectivity index (χ2v) is 7.55. The van der Waals surface area contributed by atoms with Gasteiger partial charge in [0.1, 0.15) is 5.25 Å². The first kappa shape index (κ1) is 13.3. The van der Waals surface area contributed by atoms with Gasteiger partial charge in [-0.3, -0.25) is 4.90 Å². The molecule has 17 heavy (non-hydrogen) atoms. The van der Waals surface area contributed by atoms with E-state index < -0.39 is 10.0 Å². The SMILES string of the molecule is CC1(C)CCCN1CCNS(=O)(=O)C1COC1. The summed E-state index contributed by atoms with van der Waals surface area (Å²) in [6.45, 7) is 7.47. The third kappa shape index (κ3) is 2.99. The molecule has 2 aliphatic heterocycles. The van der Waals surface area contributed by atoms with Crippen molar-refractivity contribution >= 4 is 10.0 Å². The average Bonchev–Trinajstić information content (AvgIpc) is 2.41. The predicted molar refractivity (Wildman–Crippen MR) is 66.4 cm³/mol. The highest BCUT2D eigenvalue weighted by Gasteiger charge is 2.34. The molecular formula is C11H22N2O3S. The summed E-state index contributed by atoms with van der Waals surface area (Å²) in [6.07, 6.45) is 2.40. The van der Waals surface area contributed by atoms with E-state index in [1.807, 2.05) is 0 Å². The fourth-order valence-corrected chi connectivity index (χ4v) is 3.57. The van der Waals surface area contributed by atoms with E-state index in [0.29, 0.717) is 19.8 Å². The molecule has 0 aromatic heterocycles. The number of rotatable bonds is 5. The van der Waals surface area contributed by atoms with Gasteiger partial charge < -0.3 is 4.74 Å². The van der Waals surface area contributed by atoms with Gasteiger partial charge in [-0.1, -0.05) is 0 Å². The molecule has 2 aliphatic rings. The second-order valence-electron chi connectivity index (χ2n) is 5.50. The van der Waals surface area contributed by atoms with Crippen LogP contribution in [0.2, 0.25) is 0 Å². The van der Waals surface area contributed by atoms with Crippen LogP contribution in [0, 0.1) is 0 Å². The second kappa shape index (κ2) is 4.84. The minimum atomic E-state index is -3.15. The Morgan fingerprint density at radius 1 is 1.41 bits per heavy atom. The molecule has 5 nitrogen and oxygen atoms in total. The Balaban J connectivity index is 1.76. The number of hydrogen-bond acceptors (Lipinski definition) is 4. The molecule has 0 bridgehead atoms. The number of sulfonamides is 1. The van der Waals surface area contributed by atoms with Crippen molar-refractivity contribution in [3.05, 3.63) is 0 Å². The summed E-state index contributed by atoms with van der Waals surface area (Å²) in [5.74, 6) is 0. The number of ether oxygens (including phenoxy) is 1. The van der Waals surface area contributed by atoms with E-state index >= 15 is 0 Å². The lowest BCUT2D eigenvalue weighted by atomic mass is 10.0. The highest BCUT2D eigenvalue weighted by molar-refractivity contribution is 7.90. The van der Waals surface area contributed by atoms with Crippen molar-refractivity contribution in [2.24, 2.45) is 0 Å². The lowest BCUT2D eigenvalue weighted by Gasteiger charge is -2.32. The number of nitrogens with one attached hydrogen (secondary N) is 1. The van der Waals surface area contributed by atoms with E-state index in [2.05, 4.69) is 23.5 Å². The van der Waals surface area contributed by atoms with Gasteiger partial charge in [-0.05, 0) is 33.2 Å². The lowest BCUT2D eigenvalue weighted by molar-refractivity contribution is 0.0410. The molecule has 6 heteroatoms. The quantitative estimate of drug-likeness (QED) is 0.768. The Kier molecular flexibility index (Phi) is 3.77. The third-order valence-electron chi connectivity index (χ3n) is 3.80. The summed E-state index contributed by atoms with van der Waals surface area (Å²) < 4.78 is 31.1. The monoisotopic (exact) mass is 262 g/mol. The zero-order chi connectivity index (χ0) is 12.5. The molecule has 0 amide bonds. The first-order valence-corrected chi connectivity index (χ1v) is 7.78. The molecule has 0 unspecified atom stereocenters. The van der Waals surface area contributed by atoms with Crippen LogP contribution in [-0.4, -0.2) is 57.0 Å². The number of hydrogen-bond donors (Lipinski definition) is 1. The van der Waals surface area contributed by atoms with E-state index in [1.54, 1.807) is 0 Å². The molecule has 0 spiro atoms. The molecule has 2 fully saturated rings. The lowest BCUT2D eigenvalue weighted by Crippen LogP contribution is -2.49.